The molecule has 0 fully saturated rings. The van der Waals surface area contributed by atoms with Crippen molar-refractivity contribution < 1.29 is 27.8 Å². The molecule has 0 saturated carbocycles. The van der Waals surface area contributed by atoms with Crippen molar-refractivity contribution in [2.24, 2.45) is 0 Å². The van der Waals surface area contributed by atoms with Gasteiger partial charge in [-0.25, -0.2) is 18.7 Å². The minimum atomic E-state index is -2.97. The van der Waals surface area contributed by atoms with Crippen molar-refractivity contribution in [3.63, 3.8) is 0 Å². The van der Waals surface area contributed by atoms with Crippen molar-refractivity contribution in [3.05, 3.63) is 41.7 Å². The number of hydrogen-bond acceptors (Lipinski definition) is 6. The highest BCUT2D eigenvalue weighted by Crippen LogP contribution is 2.30. The molecule has 174 valence electrons. The normalized spacial score (nSPS) is 12.1. The number of aromatic nitrogens is 2. The summed E-state index contributed by atoms with van der Waals surface area (Å²) >= 11 is 0. The standard InChI is InChI=1S/C22H28F2N4O4/c1-5-19(29)28-18-11-15(8-9-25-18)20(30)27-14(4)16-10-17(31-7-3)21(26-12-16)32-13-22(23,24)6-2/h8-12,14H,5-7,13H2,1-4H3,(H,27,30)(H,25,28,29). The van der Waals surface area contributed by atoms with Crippen LogP contribution in [0, 0.1) is 0 Å². The van der Waals surface area contributed by atoms with Gasteiger partial charge >= 0.3 is 0 Å². The van der Waals surface area contributed by atoms with E-state index in [-0.39, 0.29) is 42.3 Å². The van der Waals surface area contributed by atoms with E-state index in [1.807, 2.05) is 0 Å². The third-order valence-corrected chi connectivity index (χ3v) is 4.53. The lowest BCUT2D eigenvalue weighted by Gasteiger charge is -2.19. The van der Waals surface area contributed by atoms with Crippen LogP contribution in [0.4, 0.5) is 14.6 Å². The maximum Gasteiger partial charge on any atom is 0.281 e. The number of anilines is 1. The first-order valence-corrected chi connectivity index (χ1v) is 10.4. The van der Waals surface area contributed by atoms with Crippen molar-refractivity contribution in [2.45, 2.75) is 52.5 Å². The number of alkyl halides is 2. The summed E-state index contributed by atoms with van der Waals surface area (Å²) in [6.45, 7) is 6.07. The summed E-state index contributed by atoms with van der Waals surface area (Å²) in [7, 11) is 0. The minimum absolute atomic E-state index is 0.0345. The van der Waals surface area contributed by atoms with Gasteiger partial charge in [0.25, 0.3) is 17.7 Å². The van der Waals surface area contributed by atoms with Crippen LogP contribution >= 0.6 is 0 Å². The van der Waals surface area contributed by atoms with Crippen molar-refractivity contribution in [2.75, 3.05) is 18.5 Å². The maximum atomic E-state index is 13.5. The Kier molecular flexibility index (Phi) is 8.86. The number of pyridine rings is 2. The first-order valence-electron chi connectivity index (χ1n) is 10.4. The van der Waals surface area contributed by atoms with E-state index in [9.17, 15) is 18.4 Å². The topological polar surface area (TPSA) is 102 Å². The first-order chi connectivity index (χ1) is 15.2. The fraction of sp³-hybridized carbons (Fsp3) is 0.455. The number of nitrogens with zero attached hydrogens (tertiary/aromatic N) is 2. The van der Waals surface area contributed by atoms with Crippen molar-refractivity contribution in [3.8, 4) is 11.6 Å². The van der Waals surface area contributed by atoms with Crippen molar-refractivity contribution >= 4 is 17.6 Å². The van der Waals surface area contributed by atoms with E-state index in [4.69, 9.17) is 9.47 Å². The van der Waals surface area contributed by atoms with Crippen LogP contribution in [0.3, 0.4) is 0 Å². The largest absolute Gasteiger partial charge is 0.488 e. The van der Waals surface area contributed by atoms with Crippen molar-refractivity contribution in [1.82, 2.24) is 15.3 Å². The predicted molar refractivity (Wildman–Crippen MR) is 115 cm³/mol. The molecule has 2 aromatic heterocycles. The predicted octanol–water partition coefficient (Wildman–Crippen LogP) is 4.14. The molecule has 0 aromatic carbocycles. The molecular formula is C22H28F2N4O4. The number of nitrogens with one attached hydrogen (secondary N) is 2. The number of carbonyl (C=O) groups is 2. The smallest absolute Gasteiger partial charge is 0.281 e. The molecule has 2 aromatic rings. The Hall–Kier alpha value is -3.30. The van der Waals surface area contributed by atoms with Crippen molar-refractivity contribution in [1.29, 1.82) is 0 Å². The van der Waals surface area contributed by atoms with Gasteiger partial charge in [-0.3, -0.25) is 9.59 Å². The zero-order chi connectivity index (χ0) is 23.7. The number of rotatable bonds is 11. The molecule has 1 unspecified atom stereocenters. The molecule has 32 heavy (non-hydrogen) atoms. The molecule has 2 N–H and O–H groups in total. The van der Waals surface area contributed by atoms with E-state index in [0.29, 0.717) is 17.5 Å². The number of halogens is 2. The van der Waals surface area contributed by atoms with Crippen LogP contribution in [0.15, 0.2) is 30.6 Å². The third-order valence-electron chi connectivity index (χ3n) is 4.53. The third kappa shape index (κ3) is 7.14. The van der Waals surface area contributed by atoms with Gasteiger partial charge in [-0.05, 0) is 37.6 Å². The number of amides is 2. The van der Waals surface area contributed by atoms with Crippen LogP contribution < -0.4 is 20.1 Å². The Morgan fingerprint density at radius 1 is 1.16 bits per heavy atom. The zero-order valence-corrected chi connectivity index (χ0v) is 18.6. The average Bonchev–Trinajstić information content (AvgIpc) is 2.78. The lowest BCUT2D eigenvalue weighted by Crippen LogP contribution is -2.27. The fourth-order valence-electron chi connectivity index (χ4n) is 2.56. The second kappa shape index (κ2) is 11.4. The average molecular weight is 450 g/mol. The van der Waals surface area contributed by atoms with Crippen LogP contribution in [0.5, 0.6) is 11.6 Å². The quantitative estimate of drug-likeness (QED) is 0.534. The summed E-state index contributed by atoms with van der Waals surface area (Å²) in [4.78, 5) is 32.3. The Balaban J connectivity index is 2.12. The van der Waals surface area contributed by atoms with E-state index in [1.165, 1.54) is 31.5 Å². The highest BCUT2D eigenvalue weighted by molar-refractivity contribution is 5.96. The molecule has 2 rings (SSSR count). The minimum Gasteiger partial charge on any atom is -0.488 e. The SMILES string of the molecule is CCOc1cc(C(C)NC(=O)c2ccnc(NC(=O)CC)c2)cnc1OCC(F)(F)CC. The first kappa shape index (κ1) is 25.0. The van der Waals surface area contributed by atoms with Crippen LogP contribution in [0.2, 0.25) is 0 Å². The van der Waals surface area contributed by atoms with Gasteiger partial charge in [0.2, 0.25) is 5.91 Å². The summed E-state index contributed by atoms with van der Waals surface area (Å²) in [5, 5.41) is 5.43. The summed E-state index contributed by atoms with van der Waals surface area (Å²) < 4.78 is 37.7. The van der Waals surface area contributed by atoms with Gasteiger partial charge in [0.05, 0.1) is 12.6 Å². The van der Waals surface area contributed by atoms with E-state index >= 15 is 0 Å². The molecule has 0 radical (unpaired) electrons. The summed E-state index contributed by atoms with van der Waals surface area (Å²) in [5.41, 5.74) is 0.919. The molecule has 2 amide bonds. The molecule has 10 heteroatoms. The van der Waals surface area contributed by atoms with Gasteiger partial charge < -0.3 is 20.1 Å². The van der Waals surface area contributed by atoms with E-state index in [0.717, 1.165) is 0 Å². The molecule has 1 atom stereocenters. The summed E-state index contributed by atoms with van der Waals surface area (Å²) in [6.07, 6.45) is 2.81. The van der Waals surface area contributed by atoms with Gasteiger partial charge in [-0.15, -0.1) is 0 Å². The second-order valence-corrected chi connectivity index (χ2v) is 7.03. The zero-order valence-electron chi connectivity index (χ0n) is 18.6. The highest BCUT2D eigenvalue weighted by atomic mass is 19.3. The summed E-state index contributed by atoms with van der Waals surface area (Å²) in [6, 6.07) is 4.13. The monoisotopic (exact) mass is 450 g/mol. The molecule has 0 saturated heterocycles. The Bertz CT molecular complexity index is 940. The Labute approximate surface area is 185 Å². The maximum absolute atomic E-state index is 13.5. The second-order valence-electron chi connectivity index (χ2n) is 7.03. The van der Waals surface area contributed by atoms with Crippen LogP contribution in [0.1, 0.15) is 62.5 Å². The molecule has 0 aliphatic heterocycles. The molecule has 0 aliphatic carbocycles. The van der Waals surface area contributed by atoms with Gasteiger partial charge in [-0.1, -0.05) is 13.8 Å². The highest BCUT2D eigenvalue weighted by Gasteiger charge is 2.28. The van der Waals surface area contributed by atoms with Crippen LogP contribution in [0.25, 0.3) is 0 Å². The van der Waals surface area contributed by atoms with Crippen LogP contribution in [-0.2, 0) is 4.79 Å². The van der Waals surface area contributed by atoms with Crippen LogP contribution in [-0.4, -0.2) is 40.9 Å². The summed E-state index contributed by atoms with van der Waals surface area (Å²) in [5.74, 6) is -3.10. The molecular weight excluding hydrogens is 422 g/mol. The Morgan fingerprint density at radius 3 is 2.56 bits per heavy atom. The molecule has 2 heterocycles. The van der Waals surface area contributed by atoms with E-state index in [2.05, 4.69) is 20.6 Å². The number of ether oxygens (including phenoxy) is 2. The Morgan fingerprint density at radius 2 is 1.91 bits per heavy atom. The van der Waals surface area contributed by atoms with Gasteiger partial charge in [-0.2, -0.15) is 0 Å². The van der Waals surface area contributed by atoms with Gasteiger partial charge in [0, 0.05) is 30.8 Å². The van der Waals surface area contributed by atoms with E-state index in [1.54, 1.807) is 26.8 Å². The molecule has 0 aliphatic rings. The number of carbonyl (C=O) groups excluding carboxylic acids is 2. The molecule has 0 spiro atoms. The molecule has 0 bridgehead atoms. The van der Waals surface area contributed by atoms with Gasteiger partial charge in [0.15, 0.2) is 12.4 Å². The van der Waals surface area contributed by atoms with E-state index < -0.39 is 18.6 Å². The lowest BCUT2D eigenvalue weighted by molar-refractivity contribution is -0.115. The lowest BCUT2D eigenvalue weighted by atomic mass is 10.1. The van der Waals surface area contributed by atoms with Gasteiger partial charge in [0.1, 0.15) is 5.82 Å². The molecule has 8 nitrogen and oxygen atoms in total. The fourth-order valence-corrected chi connectivity index (χ4v) is 2.56. The number of hydrogen-bond donors (Lipinski definition) is 2.